The molecule has 1 aliphatic heterocycles. The van der Waals surface area contributed by atoms with E-state index in [9.17, 15) is 13.2 Å². The molecule has 1 N–H and O–H groups in total. The zero-order chi connectivity index (χ0) is 15.0. The Morgan fingerprint density at radius 1 is 1.38 bits per heavy atom. The Hall–Kier alpha value is -1.90. The maximum Gasteiger partial charge on any atom is 0.453 e. The number of anilines is 1. The molecule has 0 aromatic carbocycles. The highest BCUT2D eigenvalue weighted by Crippen LogP contribution is 2.27. The van der Waals surface area contributed by atoms with E-state index < -0.39 is 12.0 Å². The van der Waals surface area contributed by atoms with Gasteiger partial charge in [-0.25, -0.2) is 0 Å². The second-order valence-corrected chi connectivity index (χ2v) is 5.16. The van der Waals surface area contributed by atoms with Crippen LogP contribution in [0.5, 0.6) is 0 Å². The quantitative estimate of drug-likeness (QED) is 0.927. The van der Waals surface area contributed by atoms with Gasteiger partial charge in [0.2, 0.25) is 0 Å². The summed E-state index contributed by atoms with van der Waals surface area (Å²) >= 11 is 0. The van der Waals surface area contributed by atoms with Gasteiger partial charge < -0.3 is 10.2 Å². The minimum atomic E-state index is -4.57. The van der Waals surface area contributed by atoms with Crippen molar-refractivity contribution in [3.8, 4) is 0 Å². The first kappa shape index (κ1) is 14.1. The molecule has 9 heteroatoms. The van der Waals surface area contributed by atoms with Crippen LogP contribution in [0.3, 0.4) is 0 Å². The van der Waals surface area contributed by atoms with Crippen molar-refractivity contribution >= 4 is 11.5 Å². The van der Waals surface area contributed by atoms with Crippen molar-refractivity contribution < 1.29 is 13.2 Å². The fourth-order valence-corrected chi connectivity index (χ4v) is 2.50. The van der Waals surface area contributed by atoms with Gasteiger partial charge in [-0.15, -0.1) is 15.3 Å². The Morgan fingerprint density at radius 3 is 2.86 bits per heavy atom. The molecular formula is C12H15F3N6. The minimum Gasteiger partial charge on any atom is -0.357 e. The van der Waals surface area contributed by atoms with Gasteiger partial charge in [-0.05, 0) is 31.5 Å². The van der Waals surface area contributed by atoms with E-state index in [2.05, 4.69) is 20.6 Å². The average molecular weight is 300 g/mol. The molecule has 1 unspecified atom stereocenters. The number of nitrogens with zero attached hydrogens (tertiary/aromatic N) is 5. The van der Waals surface area contributed by atoms with Crippen molar-refractivity contribution in [2.24, 2.45) is 0 Å². The van der Waals surface area contributed by atoms with E-state index in [1.807, 2.05) is 11.9 Å². The van der Waals surface area contributed by atoms with E-state index in [0.29, 0.717) is 18.4 Å². The normalized spacial score (nSPS) is 19.3. The highest BCUT2D eigenvalue weighted by Gasteiger charge is 2.37. The summed E-state index contributed by atoms with van der Waals surface area (Å²) in [5.74, 6) is -0.645. The minimum absolute atomic E-state index is 0.0819. The first-order valence-electron chi connectivity index (χ1n) is 6.69. The standard InChI is InChI=1S/C12H15F3N6/c1-20(7-8-3-2-6-16-8)10-5-4-9-17-18-11(12(13,14)15)21(9)19-10/h4-5,8,16H,2-3,6-7H2,1H3. The van der Waals surface area contributed by atoms with E-state index in [4.69, 9.17) is 0 Å². The summed E-state index contributed by atoms with van der Waals surface area (Å²) in [5, 5.41) is 14.0. The number of rotatable bonds is 3. The van der Waals surface area contributed by atoms with Gasteiger partial charge in [0.05, 0.1) is 0 Å². The number of alkyl halides is 3. The van der Waals surface area contributed by atoms with E-state index in [-0.39, 0.29) is 5.65 Å². The number of hydrogen-bond donors (Lipinski definition) is 1. The molecule has 2 aromatic heterocycles. The lowest BCUT2D eigenvalue weighted by Gasteiger charge is -2.22. The van der Waals surface area contributed by atoms with Gasteiger partial charge in [0, 0.05) is 19.6 Å². The van der Waals surface area contributed by atoms with Crippen LogP contribution in [0.2, 0.25) is 0 Å². The number of aromatic nitrogens is 4. The van der Waals surface area contributed by atoms with Crippen molar-refractivity contribution in [1.29, 1.82) is 0 Å². The molecule has 3 rings (SSSR count). The second-order valence-electron chi connectivity index (χ2n) is 5.16. The molecule has 6 nitrogen and oxygen atoms in total. The lowest BCUT2D eigenvalue weighted by molar-refractivity contribution is -0.146. The molecule has 1 fully saturated rings. The maximum atomic E-state index is 12.8. The molecule has 0 saturated carbocycles. The van der Waals surface area contributed by atoms with E-state index in [1.54, 1.807) is 6.07 Å². The van der Waals surface area contributed by atoms with Gasteiger partial charge >= 0.3 is 6.18 Å². The van der Waals surface area contributed by atoms with Crippen LogP contribution in [0.25, 0.3) is 5.65 Å². The predicted octanol–water partition coefficient (Wildman–Crippen LogP) is 1.33. The highest BCUT2D eigenvalue weighted by atomic mass is 19.4. The number of hydrogen-bond acceptors (Lipinski definition) is 5. The first-order chi connectivity index (χ1) is 9.95. The van der Waals surface area contributed by atoms with E-state index >= 15 is 0 Å². The van der Waals surface area contributed by atoms with Gasteiger partial charge in [-0.2, -0.15) is 17.7 Å². The summed E-state index contributed by atoms with van der Waals surface area (Å²) in [5.41, 5.74) is 0.0819. The molecule has 21 heavy (non-hydrogen) atoms. The van der Waals surface area contributed by atoms with Crippen molar-refractivity contribution in [2.75, 3.05) is 25.0 Å². The molecule has 1 saturated heterocycles. The van der Waals surface area contributed by atoms with Gasteiger partial charge in [0.15, 0.2) is 5.65 Å². The SMILES string of the molecule is CN(CC1CCCN1)c1ccc2nnc(C(F)(F)F)n2n1. The monoisotopic (exact) mass is 300 g/mol. The fourth-order valence-electron chi connectivity index (χ4n) is 2.50. The van der Waals surface area contributed by atoms with Gasteiger partial charge in [0.25, 0.3) is 5.82 Å². The van der Waals surface area contributed by atoms with Crippen LogP contribution < -0.4 is 10.2 Å². The highest BCUT2D eigenvalue weighted by molar-refractivity contribution is 5.45. The Balaban J connectivity index is 1.88. The molecule has 0 radical (unpaired) electrons. The zero-order valence-electron chi connectivity index (χ0n) is 11.4. The largest absolute Gasteiger partial charge is 0.453 e. The van der Waals surface area contributed by atoms with Crippen LogP contribution in [-0.4, -0.2) is 46.0 Å². The Labute approximate surface area is 119 Å². The third-order valence-electron chi connectivity index (χ3n) is 3.55. The lowest BCUT2D eigenvalue weighted by Crippen LogP contribution is -2.35. The molecule has 1 aliphatic rings. The number of fused-ring (bicyclic) bond motifs is 1. The lowest BCUT2D eigenvalue weighted by atomic mass is 10.2. The molecule has 1 atom stereocenters. The van der Waals surface area contributed by atoms with Crippen molar-refractivity contribution in [3.63, 3.8) is 0 Å². The van der Waals surface area contributed by atoms with Crippen LogP contribution in [0.15, 0.2) is 12.1 Å². The van der Waals surface area contributed by atoms with Gasteiger partial charge in [-0.3, -0.25) is 0 Å². The van der Waals surface area contributed by atoms with E-state index in [1.165, 1.54) is 6.07 Å². The molecular weight excluding hydrogens is 285 g/mol. The van der Waals surface area contributed by atoms with Crippen molar-refractivity contribution in [2.45, 2.75) is 25.1 Å². The summed E-state index contributed by atoms with van der Waals surface area (Å²) in [6, 6.07) is 3.48. The van der Waals surface area contributed by atoms with Crippen LogP contribution in [-0.2, 0) is 6.18 Å². The molecule has 0 aliphatic carbocycles. The molecule has 114 valence electrons. The van der Waals surface area contributed by atoms with Crippen LogP contribution >= 0.6 is 0 Å². The number of halogens is 3. The number of nitrogens with one attached hydrogen (secondary N) is 1. The summed E-state index contributed by atoms with van der Waals surface area (Å²) < 4.78 is 39.2. The second kappa shape index (κ2) is 5.14. The zero-order valence-corrected chi connectivity index (χ0v) is 11.4. The fraction of sp³-hybridized carbons (Fsp3) is 0.583. The van der Waals surface area contributed by atoms with Crippen molar-refractivity contribution in [1.82, 2.24) is 25.1 Å². The Bertz CT molecular complexity index is 631. The molecule has 0 spiro atoms. The summed E-state index contributed by atoms with van der Waals surface area (Å²) in [4.78, 5) is 1.84. The molecule has 0 bridgehead atoms. The molecule has 3 heterocycles. The average Bonchev–Trinajstić information content (AvgIpc) is 3.05. The van der Waals surface area contributed by atoms with Crippen LogP contribution in [0, 0.1) is 0 Å². The van der Waals surface area contributed by atoms with Crippen molar-refractivity contribution in [3.05, 3.63) is 18.0 Å². The topological polar surface area (TPSA) is 58.3 Å². The summed E-state index contributed by atoms with van der Waals surface area (Å²) in [6.45, 7) is 1.68. The van der Waals surface area contributed by atoms with Crippen LogP contribution in [0.4, 0.5) is 19.0 Å². The Morgan fingerprint density at radius 2 is 2.19 bits per heavy atom. The maximum absolute atomic E-state index is 12.8. The van der Waals surface area contributed by atoms with Gasteiger partial charge in [0.1, 0.15) is 5.82 Å². The molecule has 2 aromatic rings. The first-order valence-corrected chi connectivity index (χ1v) is 6.69. The predicted molar refractivity (Wildman–Crippen MR) is 70.1 cm³/mol. The number of likely N-dealkylation sites (N-methyl/N-ethyl adjacent to an activating group) is 1. The van der Waals surface area contributed by atoms with E-state index in [0.717, 1.165) is 23.9 Å². The van der Waals surface area contributed by atoms with Crippen LogP contribution in [0.1, 0.15) is 18.7 Å². The third kappa shape index (κ3) is 2.78. The Kier molecular flexibility index (Phi) is 3.44. The summed E-state index contributed by atoms with van der Waals surface area (Å²) in [7, 11) is 1.81. The molecule has 0 amide bonds. The van der Waals surface area contributed by atoms with Gasteiger partial charge in [-0.1, -0.05) is 0 Å². The third-order valence-corrected chi connectivity index (χ3v) is 3.55. The summed E-state index contributed by atoms with van der Waals surface area (Å²) in [6.07, 6.45) is -2.39. The smallest absolute Gasteiger partial charge is 0.357 e.